The van der Waals surface area contributed by atoms with Crippen molar-refractivity contribution in [3.63, 3.8) is 0 Å². The molecule has 0 saturated heterocycles. The Morgan fingerprint density at radius 3 is 2.30 bits per heavy atom. The maximum Gasteiger partial charge on any atom is 0.274 e. The molecule has 0 spiro atoms. The number of halogens is 1. The Morgan fingerprint density at radius 2 is 1.57 bits per heavy atom. The largest absolute Gasteiger partial charge is 0.336 e. The fraction of sp³-hybridized carbons (Fsp3) is 0.125. The summed E-state index contributed by atoms with van der Waals surface area (Å²) in [5.74, 6) is -0.750. The predicted octanol–water partition coefficient (Wildman–Crippen LogP) is 3.86. The molecule has 1 heterocycles. The molecular weight excluding hydrogens is 381 g/mol. The van der Waals surface area contributed by atoms with Gasteiger partial charge in [-0.3, -0.25) is 9.59 Å². The normalized spacial score (nSPS) is 10.9. The zero-order chi connectivity index (χ0) is 21.1. The maximum absolute atomic E-state index is 14.0. The van der Waals surface area contributed by atoms with Gasteiger partial charge in [0.1, 0.15) is 5.82 Å². The van der Waals surface area contributed by atoms with Crippen LogP contribution in [0.15, 0.2) is 83.7 Å². The van der Waals surface area contributed by atoms with Crippen molar-refractivity contribution < 1.29 is 9.18 Å². The number of aromatic nitrogens is 2. The van der Waals surface area contributed by atoms with E-state index < -0.39 is 0 Å². The fourth-order valence-corrected chi connectivity index (χ4v) is 3.39. The quantitative estimate of drug-likeness (QED) is 0.510. The van der Waals surface area contributed by atoms with Gasteiger partial charge >= 0.3 is 0 Å². The van der Waals surface area contributed by atoms with E-state index in [2.05, 4.69) is 5.10 Å². The topological polar surface area (TPSA) is 55.2 Å². The number of nitrogens with zero attached hydrogens (tertiary/aromatic N) is 3. The van der Waals surface area contributed by atoms with Crippen molar-refractivity contribution in [2.75, 3.05) is 7.05 Å². The van der Waals surface area contributed by atoms with Crippen LogP contribution >= 0.6 is 0 Å². The molecule has 0 bridgehead atoms. The van der Waals surface area contributed by atoms with Gasteiger partial charge in [0, 0.05) is 24.5 Å². The summed E-state index contributed by atoms with van der Waals surface area (Å²) in [6.45, 7) is 0.348. The lowest BCUT2D eigenvalue weighted by atomic mass is 10.1. The molecule has 1 amide bonds. The third-order valence-electron chi connectivity index (χ3n) is 4.96. The van der Waals surface area contributed by atoms with Crippen LogP contribution in [0.1, 0.15) is 21.6 Å². The van der Waals surface area contributed by atoms with E-state index in [1.165, 1.54) is 15.6 Å². The molecule has 0 unspecified atom stereocenters. The summed E-state index contributed by atoms with van der Waals surface area (Å²) in [7, 11) is 1.60. The number of carbonyl (C=O) groups is 1. The average Bonchev–Trinajstić information content (AvgIpc) is 2.77. The number of carbonyl (C=O) groups excluding carboxylic acids is 1. The lowest BCUT2D eigenvalue weighted by molar-refractivity contribution is 0.0777. The van der Waals surface area contributed by atoms with Crippen molar-refractivity contribution in [1.29, 1.82) is 0 Å². The van der Waals surface area contributed by atoms with Gasteiger partial charge in [-0.25, -0.2) is 9.07 Å². The van der Waals surface area contributed by atoms with Crippen molar-refractivity contribution in [1.82, 2.24) is 14.7 Å². The highest BCUT2D eigenvalue weighted by molar-refractivity contribution is 6.04. The van der Waals surface area contributed by atoms with Crippen molar-refractivity contribution in [2.24, 2.45) is 0 Å². The van der Waals surface area contributed by atoms with Crippen molar-refractivity contribution in [3.8, 4) is 0 Å². The van der Waals surface area contributed by atoms with Gasteiger partial charge in [0.15, 0.2) is 5.69 Å². The second kappa shape index (κ2) is 8.29. The molecule has 0 aliphatic carbocycles. The molecule has 5 nitrogen and oxygen atoms in total. The molecule has 0 aliphatic rings. The van der Waals surface area contributed by atoms with E-state index in [-0.39, 0.29) is 36.1 Å². The minimum atomic E-state index is -0.378. The van der Waals surface area contributed by atoms with E-state index in [1.54, 1.807) is 49.5 Å². The molecule has 3 aromatic carbocycles. The van der Waals surface area contributed by atoms with E-state index in [0.29, 0.717) is 16.3 Å². The highest BCUT2D eigenvalue weighted by atomic mass is 19.1. The number of amides is 1. The van der Waals surface area contributed by atoms with Crippen molar-refractivity contribution in [3.05, 3.63) is 112 Å². The van der Waals surface area contributed by atoms with Gasteiger partial charge in [-0.15, -0.1) is 0 Å². The molecule has 1 aromatic heterocycles. The van der Waals surface area contributed by atoms with Gasteiger partial charge in [0.05, 0.1) is 11.9 Å². The lowest BCUT2D eigenvalue weighted by Gasteiger charge is -2.19. The van der Waals surface area contributed by atoms with Crippen LogP contribution in [0.25, 0.3) is 10.8 Å². The van der Waals surface area contributed by atoms with Crippen molar-refractivity contribution >= 4 is 16.7 Å². The van der Waals surface area contributed by atoms with E-state index in [4.69, 9.17) is 0 Å². The van der Waals surface area contributed by atoms with Crippen LogP contribution in [-0.4, -0.2) is 27.6 Å². The Morgan fingerprint density at radius 1 is 0.933 bits per heavy atom. The Labute approximate surface area is 173 Å². The molecular formula is C24H20FN3O2. The molecule has 0 aliphatic heterocycles. The minimum Gasteiger partial charge on any atom is -0.336 e. The second-order valence-corrected chi connectivity index (χ2v) is 7.10. The Hall–Kier alpha value is -3.80. The summed E-state index contributed by atoms with van der Waals surface area (Å²) in [6, 6.07) is 22.7. The first-order chi connectivity index (χ1) is 14.5. The van der Waals surface area contributed by atoms with Gasteiger partial charge < -0.3 is 4.90 Å². The van der Waals surface area contributed by atoms with Crippen LogP contribution in [0.2, 0.25) is 0 Å². The maximum atomic E-state index is 14.0. The highest BCUT2D eigenvalue weighted by Crippen LogP contribution is 2.17. The Kier molecular flexibility index (Phi) is 5.39. The molecule has 4 rings (SSSR count). The predicted molar refractivity (Wildman–Crippen MR) is 114 cm³/mol. The zero-order valence-electron chi connectivity index (χ0n) is 16.5. The third kappa shape index (κ3) is 3.85. The van der Waals surface area contributed by atoms with E-state index in [0.717, 1.165) is 5.56 Å². The van der Waals surface area contributed by atoms with Crippen LogP contribution < -0.4 is 5.56 Å². The molecule has 0 saturated carbocycles. The number of hydrogen-bond donors (Lipinski definition) is 0. The van der Waals surface area contributed by atoms with Gasteiger partial charge in [-0.1, -0.05) is 66.7 Å². The fourth-order valence-electron chi connectivity index (χ4n) is 3.39. The van der Waals surface area contributed by atoms with Crippen LogP contribution in [0.4, 0.5) is 4.39 Å². The summed E-state index contributed by atoms with van der Waals surface area (Å²) in [5.41, 5.74) is 1.22. The highest BCUT2D eigenvalue weighted by Gasteiger charge is 2.21. The summed E-state index contributed by atoms with van der Waals surface area (Å²) in [4.78, 5) is 27.6. The summed E-state index contributed by atoms with van der Waals surface area (Å²) >= 11 is 0. The van der Waals surface area contributed by atoms with E-state index in [9.17, 15) is 14.0 Å². The van der Waals surface area contributed by atoms with Crippen LogP contribution in [0.5, 0.6) is 0 Å². The standard InChI is InChI=1S/C24H20FN3O2/c1-27(16-18-11-5-8-14-21(18)25)24(30)22-19-12-6-7-13-20(19)23(29)28(26-22)15-17-9-3-2-4-10-17/h2-14H,15-16H2,1H3. The van der Waals surface area contributed by atoms with Gasteiger partial charge in [0.25, 0.3) is 11.5 Å². The summed E-state index contributed by atoms with van der Waals surface area (Å²) in [6.07, 6.45) is 0. The zero-order valence-corrected chi connectivity index (χ0v) is 16.5. The SMILES string of the molecule is CN(Cc1ccccc1F)C(=O)c1nn(Cc2ccccc2)c(=O)c2ccccc12. The number of hydrogen-bond acceptors (Lipinski definition) is 3. The van der Waals surface area contributed by atoms with E-state index >= 15 is 0 Å². The van der Waals surface area contributed by atoms with Crippen LogP contribution in [-0.2, 0) is 13.1 Å². The van der Waals surface area contributed by atoms with Gasteiger partial charge in [-0.05, 0) is 17.7 Å². The van der Waals surface area contributed by atoms with Crippen LogP contribution in [0.3, 0.4) is 0 Å². The Balaban J connectivity index is 1.75. The molecule has 30 heavy (non-hydrogen) atoms. The molecule has 0 fully saturated rings. The number of benzene rings is 3. The molecule has 4 aromatic rings. The van der Waals surface area contributed by atoms with E-state index in [1.807, 2.05) is 30.3 Å². The smallest absolute Gasteiger partial charge is 0.274 e. The molecule has 0 atom stereocenters. The van der Waals surface area contributed by atoms with Gasteiger partial charge in [0.2, 0.25) is 0 Å². The molecule has 0 N–H and O–H groups in total. The first kappa shape index (κ1) is 19.5. The third-order valence-corrected chi connectivity index (χ3v) is 4.96. The second-order valence-electron chi connectivity index (χ2n) is 7.10. The molecule has 150 valence electrons. The lowest BCUT2D eigenvalue weighted by Crippen LogP contribution is -2.32. The first-order valence-corrected chi connectivity index (χ1v) is 9.57. The first-order valence-electron chi connectivity index (χ1n) is 9.57. The average molecular weight is 401 g/mol. The summed E-state index contributed by atoms with van der Waals surface area (Å²) in [5, 5.41) is 5.31. The molecule has 6 heteroatoms. The monoisotopic (exact) mass is 401 g/mol. The molecule has 0 radical (unpaired) electrons. The minimum absolute atomic E-state index is 0.0966. The van der Waals surface area contributed by atoms with Crippen LogP contribution in [0, 0.1) is 5.82 Å². The number of rotatable bonds is 5. The van der Waals surface area contributed by atoms with Gasteiger partial charge in [-0.2, -0.15) is 5.10 Å². The van der Waals surface area contributed by atoms with Crippen molar-refractivity contribution in [2.45, 2.75) is 13.1 Å². The number of fused-ring (bicyclic) bond motifs is 1. The Bertz CT molecular complexity index is 1270. The summed E-state index contributed by atoms with van der Waals surface area (Å²) < 4.78 is 15.3.